The molecule has 0 unspecified atom stereocenters. The van der Waals surface area contributed by atoms with Gasteiger partial charge in [0.2, 0.25) is 5.91 Å². The van der Waals surface area contributed by atoms with Crippen LogP contribution in [0.4, 0.5) is 5.69 Å². The Labute approximate surface area is 129 Å². The highest BCUT2D eigenvalue weighted by molar-refractivity contribution is 9.11. The Kier molecular flexibility index (Phi) is 4.92. The van der Waals surface area contributed by atoms with Crippen LogP contribution in [-0.2, 0) is 11.3 Å². The van der Waals surface area contributed by atoms with Gasteiger partial charge >= 0.3 is 0 Å². The summed E-state index contributed by atoms with van der Waals surface area (Å²) in [6, 6.07) is 11.0. The van der Waals surface area contributed by atoms with Crippen LogP contribution in [0.1, 0.15) is 22.2 Å². The third kappa shape index (κ3) is 4.18. The number of thiophene rings is 1. The van der Waals surface area contributed by atoms with Gasteiger partial charge in [-0.3, -0.25) is 9.59 Å². The highest BCUT2D eigenvalue weighted by atomic mass is 79.9. The highest BCUT2D eigenvalue weighted by Gasteiger charge is 2.07. The predicted molar refractivity (Wildman–Crippen MR) is 83.9 cm³/mol. The topological polar surface area (TPSA) is 58.2 Å². The van der Waals surface area contributed by atoms with E-state index < -0.39 is 0 Å². The molecule has 0 spiro atoms. The Balaban J connectivity index is 1.90. The van der Waals surface area contributed by atoms with Crippen molar-refractivity contribution in [3.8, 4) is 0 Å². The van der Waals surface area contributed by atoms with Crippen LogP contribution in [0.15, 0.2) is 40.2 Å². The molecule has 104 valence electrons. The fourth-order valence-corrected chi connectivity index (χ4v) is 2.92. The van der Waals surface area contributed by atoms with Crippen molar-refractivity contribution in [3.63, 3.8) is 0 Å². The smallest absolute Gasteiger partial charge is 0.261 e. The number of carbonyl (C=O) groups is 2. The Morgan fingerprint density at radius 2 is 1.85 bits per heavy atom. The lowest BCUT2D eigenvalue weighted by Gasteiger charge is -2.06. The van der Waals surface area contributed by atoms with E-state index in [4.69, 9.17) is 0 Å². The first-order valence-electron chi connectivity index (χ1n) is 5.94. The molecular weight excluding hydrogens is 340 g/mol. The van der Waals surface area contributed by atoms with Crippen molar-refractivity contribution in [2.45, 2.75) is 13.5 Å². The summed E-state index contributed by atoms with van der Waals surface area (Å²) in [7, 11) is 0. The maximum Gasteiger partial charge on any atom is 0.261 e. The number of halogens is 1. The first kappa shape index (κ1) is 14.7. The number of hydrogen-bond acceptors (Lipinski definition) is 3. The summed E-state index contributed by atoms with van der Waals surface area (Å²) in [6.45, 7) is 1.92. The first-order valence-corrected chi connectivity index (χ1v) is 7.55. The second-order valence-electron chi connectivity index (χ2n) is 4.16. The van der Waals surface area contributed by atoms with Gasteiger partial charge in [0.1, 0.15) is 0 Å². The number of hydrogen-bond donors (Lipinski definition) is 2. The van der Waals surface area contributed by atoms with Crippen LogP contribution >= 0.6 is 27.3 Å². The normalized spacial score (nSPS) is 10.1. The summed E-state index contributed by atoms with van der Waals surface area (Å²) in [5, 5.41) is 5.55. The molecule has 20 heavy (non-hydrogen) atoms. The third-order valence-corrected chi connectivity index (χ3v) is 4.15. The SMILES string of the molecule is CC(=O)Nc1ccc(CNC(=O)c2ccc(Br)s2)cc1. The quantitative estimate of drug-likeness (QED) is 0.885. The molecule has 2 N–H and O–H groups in total. The summed E-state index contributed by atoms with van der Waals surface area (Å²) in [5.41, 5.74) is 1.72. The average Bonchev–Trinajstić information content (AvgIpc) is 2.84. The second kappa shape index (κ2) is 6.67. The van der Waals surface area contributed by atoms with Crippen molar-refractivity contribution in [2.75, 3.05) is 5.32 Å². The minimum absolute atomic E-state index is 0.0911. The monoisotopic (exact) mass is 352 g/mol. The van der Waals surface area contributed by atoms with Crippen LogP contribution in [0.3, 0.4) is 0 Å². The molecule has 0 atom stereocenters. The number of benzene rings is 1. The van der Waals surface area contributed by atoms with Gasteiger partial charge in [0, 0.05) is 19.2 Å². The average molecular weight is 353 g/mol. The maximum atomic E-state index is 11.9. The van der Waals surface area contributed by atoms with Crippen LogP contribution in [0.25, 0.3) is 0 Å². The van der Waals surface area contributed by atoms with Gasteiger partial charge in [0.25, 0.3) is 5.91 Å². The molecule has 4 nitrogen and oxygen atoms in total. The zero-order valence-corrected chi connectivity index (χ0v) is 13.2. The second-order valence-corrected chi connectivity index (χ2v) is 6.63. The molecule has 0 saturated heterocycles. The van der Waals surface area contributed by atoms with Crippen molar-refractivity contribution in [2.24, 2.45) is 0 Å². The minimum atomic E-state index is -0.102. The number of amides is 2. The number of anilines is 1. The van der Waals surface area contributed by atoms with E-state index >= 15 is 0 Å². The highest BCUT2D eigenvalue weighted by Crippen LogP contribution is 2.21. The summed E-state index contributed by atoms with van der Waals surface area (Å²) in [5.74, 6) is -0.194. The number of rotatable bonds is 4. The van der Waals surface area contributed by atoms with Gasteiger partial charge in [-0.05, 0) is 45.8 Å². The van der Waals surface area contributed by atoms with E-state index in [0.29, 0.717) is 11.4 Å². The summed E-state index contributed by atoms with van der Waals surface area (Å²) >= 11 is 4.73. The lowest BCUT2D eigenvalue weighted by atomic mass is 10.2. The van der Waals surface area contributed by atoms with E-state index in [1.807, 2.05) is 30.3 Å². The van der Waals surface area contributed by atoms with Crippen LogP contribution in [0, 0.1) is 0 Å². The molecule has 0 aliphatic carbocycles. The van der Waals surface area contributed by atoms with E-state index in [1.165, 1.54) is 18.3 Å². The molecule has 2 aromatic rings. The Morgan fingerprint density at radius 3 is 2.40 bits per heavy atom. The largest absolute Gasteiger partial charge is 0.347 e. The number of carbonyl (C=O) groups excluding carboxylic acids is 2. The van der Waals surface area contributed by atoms with Gasteiger partial charge in [-0.15, -0.1) is 11.3 Å². The molecule has 6 heteroatoms. The fourth-order valence-electron chi connectivity index (χ4n) is 1.61. The molecule has 0 radical (unpaired) electrons. The zero-order valence-electron chi connectivity index (χ0n) is 10.8. The summed E-state index contributed by atoms with van der Waals surface area (Å²) < 4.78 is 0.933. The molecule has 0 fully saturated rings. The van der Waals surface area contributed by atoms with Gasteiger partial charge in [0.15, 0.2) is 0 Å². The van der Waals surface area contributed by atoms with E-state index in [2.05, 4.69) is 26.6 Å². The van der Waals surface area contributed by atoms with E-state index in [9.17, 15) is 9.59 Å². The van der Waals surface area contributed by atoms with Crippen molar-refractivity contribution in [3.05, 3.63) is 50.6 Å². The molecule has 0 bridgehead atoms. The molecular formula is C14H13BrN2O2S. The third-order valence-electron chi connectivity index (χ3n) is 2.52. The first-order chi connectivity index (χ1) is 9.54. The van der Waals surface area contributed by atoms with Crippen LogP contribution in [0.5, 0.6) is 0 Å². The Bertz CT molecular complexity index is 622. The molecule has 1 heterocycles. The lowest BCUT2D eigenvalue weighted by molar-refractivity contribution is -0.114. The predicted octanol–water partition coefficient (Wildman–Crippen LogP) is 3.40. The maximum absolute atomic E-state index is 11.9. The minimum Gasteiger partial charge on any atom is -0.347 e. The number of nitrogens with one attached hydrogen (secondary N) is 2. The van der Waals surface area contributed by atoms with Crippen molar-refractivity contribution in [1.29, 1.82) is 0 Å². The van der Waals surface area contributed by atoms with E-state index in [0.717, 1.165) is 15.0 Å². The van der Waals surface area contributed by atoms with Gasteiger partial charge in [-0.1, -0.05) is 12.1 Å². The standard InChI is InChI=1S/C14H13BrN2O2S/c1-9(18)17-11-4-2-10(3-5-11)8-16-14(19)12-6-7-13(15)20-12/h2-7H,8H2,1H3,(H,16,19)(H,17,18). The Hall–Kier alpha value is -1.66. The van der Waals surface area contributed by atoms with Crippen LogP contribution < -0.4 is 10.6 Å². The summed E-state index contributed by atoms with van der Waals surface area (Å²) in [4.78, 5) is 23.4. The fraction of sp³-hybridized carbons (Fsp3) is 0.143. The van der Waals surface area contributed by atoms with Gasteiger partial charge in [-0.2, -0.15) is 0 Å². The van der Waals surface area contributed by atoms with E-state index in [-0.39, 0.29) is 11.8 Å². The molecule has 0 saturated carbocycles. The molecule has 1 aromatic heterocycles. The van der Waals surface area contributed by atoms with Crippen LogP contribution in [0.2, 0.25) is 0 Å². The van der Waals surface area contributed by atoms with Gasteiger partial charge < -0.3 is 10.6 Å². The van der Waals surface area contributed by atoms with E-state index in [1.54, 1.807) is 6.07 Å². The molecule has 2 rings (SSSR count). The van der Waals surface area contributed by atoms with Crippen LogP contribution in [-0.4, -0.2) is 11.8 Å². The van der Waals surface area contributed by atoms with Crippen molar-refractivity contribution >= 4 is 44.8 Å². The summed E-state index contributed by atoms with van der Waals surface area (Å²) in [6.07, 6.45) is 0. The molecule has 0 aliphatic rings. The lowest BCUT2D eigenvalue weighted by Crippen LogP contribution is -2.21. The molecule has 1 aromatic carbocycles. The van der Waals surface area contributed by atoms with Gasteiger partial charge in [0.05, 0.1) is 8.66 Å². The zero-order chi connectivity index (χ0) is 14.5. The van der Waals surface area contributed by atoms with Gasteiger partial charge in [-0.25, -0.2) is 0 Å². The Morgan fingerprint density at radius 1 is 1.15 bits per heavy atom. The molecule has 0 aliphatic heterocycles. The molecule has 2 amide bonds. The van der Waals surface area contributed by atoms with Crippen molar-refractivity contribution in [1.82, 2.24) is 5.32 Å². The van der Waals surface area contributed by atoms with Crippen molar-refractivity contribution < 1.29 is 9.59 Å².